The fourth-order valence-electron chi connectivity index (χ4n) is 1.58. The van der Waals surface area contributed by atoms with Gasteiger partial charge in [0.15, 0.2) is 0 Å². The van der Waals surface area contributed by atoms with Crippen LogP contribution in [0.2, 0.25) is 5.15 Å². The number of nitrogens with one attached hydrogen (secondary N) is 1. The molecule has 0 bridgehead atoms. The van der Waals surface area contributed by atoms with Crippen LogP contribution in [0, 0.1) is 17.0 Å². The zero-order chi connectivity index (χ0) is 15.0. The van der Waals surface area contributed by atoms with Crippen molar-refractivity contribution in [1.29, 1.82) is 0 Å². The quantitative estimate of drug-likeness (QED) is 0.503. The minimum absolute atomic E-state index is 0.120. The third-order valence-electron chi connectivity index (χ3n) is 2.21. The first-order valence-corrected chi connectivity index (χ1v) is 5.78. The van der Waals surface area contributed by atoms with E-state index in [0.29, 0.717) is 0 Å². The number of halogens is 1. The van der Waals surface area contributed by atoms with E-state index in [1.165, 1.54) is 6.92 Å². The van der Waals surface area contributed by atoms with Gasteiger partial charge in [-0.2, -0.15) is 0 Å². The lowest BCUT2D eigenvalue weighted by atomic mass is 10.1. The van der Waals surface area contributed by atoms with Gasteiger partial charge in [-0.15, -0.1) is 0 Å². The standard InChI is InChI=1S/C11H14ClN3O4/c1-5-6(10(16)17)7(14-11(2,3)4)8(15(18)19)9(12)13-5/h1-4H3,(H,13,14)(H,16,17). The van der Waals surface area contributed by atoms with Crippen molar-refractivity contribution in [2.45, 2.75) is 33.2 Å². The molecule has 0 radical (unpaired) electrons. The highest BCUT2D eigenvalue weighted by atomic mass is 35.5. The van der Waals surface area contributed by atoms with Gasteiger partial charge in [-0.1, -0.05) is 11.6 Å². The van der Waals surface area contributed by atoms with Crippen molar-refractivity contribution in [1.82, 2.24) is 4.98 Å². The van der Waals surface area contributed by atoms with Crippen LogP contribution in [0.4, 0.5) is 11.4 Å². The third kappa shape index (κ3) is 3.31. The molecule has 0 spiro atoms. The highest BCUT2D eigenvalue weighted by molar-refractivity contribution is 6.32. The second kappa shape index (κ2) is 5.00. The summed E-state index contributed by atoms with van der Waals surface area (Å²) in [4.78, 5) is 25.3. The van der Waals surface area contributed by atoms with Gasteiger partial charge in [0.2, 0.25) is 5.15 Å². The summed E-state index contributed by atoms with van der Waals surface area (Å²) in [5.74, 6) is -1.29. The SMILES string of the molecule is Cc1nc(Cl)c([N+](=O)[O-])c(NC(C)(C)C)c1C(=O)O. The predicted octanol–water partition coefficient (Wildman–Crippen LogP) is 2.86. The molecule has 0 aromatic carbocycles. The van der Waals surface area contributed by atoms with Crippen LogP contribution < -0.4 is 5.32 Å². The molecule has 19 heavy (non-hydrogen) atoms. The van der Waals surface area contributed by atoms with Gasteiger partial charge < -0.3 is 10.4 Å². The van der Waals surface area contributed by atoms with Crippen LogP contribution in [-0.4, -0.2) is 26.5 Å². The molecule has 0 unspecified atom stereocenters. The molecule has 8 heteroatoms. The highest BCUT2D eigenvalue weighted by Gasteiger charge is 2.31. The van der Waals surface area contributed by atoms with Crippen molar-refractivity contribution in [3.05, 3.63) is 26.5 Å². The summed E-state index contributed by atoms with van der Waals surface area (Å²) in [5.41, 5.74) is -1.34. The molecular weight excluding hydrogens is 274 g/mol. The van der Waals surface area contributed by atoms with Crippen LogP contribution in [0.3, 0.4) is 0 Å². The van der Waals surface area contributed by atoms with E-state index in [1.807, 2.05) is 0 Å². The first-order valence-electron chi connectivity index (χ1n) is 5.40. The predicted molar refractivity (Wildman–Crippen MR) is 71.0 cm³/mol. The van der Waals surface area contributed by atoms with Gasteiger partial charge in [0.05, 0.1) is 10.6 Å². The molecule has 0 saturated heterocycles. The molecule has 2 N–H and O–H groups in total. The monoisotopic (exact) mass is 287 g/mol. The molecule has 0 aliphatic heterocycles. The minimum Gasteiger partial charge on any atom is -0.478 e. The molecule has 7 nitrogen and oxygen atoms in total. The van der Waals surface area contributed by atoms with Gasteiger partial charge in [0, 0.05) is 5.54 Å². The second-order valence-electron chi connectivity index (χ2n) is 5.02. The number of aryl methyl sites for hydroxylation is 1. The Hall–Kier alpha value is -1.89. The number of pyridine rings is 1. The van der Waals surface area contributed by atoms with Gasteiger partial charge in [-0.3, -0.25) is 10.1 Å². The molecule has 0 atom stereocenters. The molecule has 104 valence electrons. The number of aromatic nitrogens is 1. The van der Waals surface area contributed by atoms with Crippen molar-refractivity contribution < 1.29 is 14.8 Å². The maximum atomic E-state index is 11.3. The van der Waals surface area contributed by atoms with E-state index in [0.717, 1.165) is 0 Å². The van der Waals surface area contributed by atoms with E-state index in [-0.39, 0.29) is 22.1 Å². The molecule has 0 fully saturated rings. The van der Waals surface area contributed by atoms with Crippen LogP contribution in [0.25, 0.3) is 0 Å². The lowest BCUT2D eigenvalue weighted by molar-refractivity contribution is -0.384. The Morgan fingerprint density at radius 3 is 2.37 bits per heavy atom. The lowest BCUT2D eigenvalue weighted by Gasteiger charge is -2.23. The van der Waals surface area contributed by atoms with Crippen LogP contribution in [0.15, 0.2) is 0 Å². The van der Waals surface area contributed by atoms with Crippen molar-refractivity contribution in [2.24, 2.45) is 0 Å². The third-order valence-corrected chi connectivity index (χ3v) is 2.47. The Balaban J connectivity index is 3.68. The molecule has 0 aliphatic carbocycles. The number of hydrogen-bond acceptors (Lipinski definition) is 5. The van der Waals surface area contributed by atoms with Crippen molar-refractivity contribution in [2.75, 3.05) is 5.32 Å². The topological polar surface area (TPSA) is 105 Å². The van der Waals surface area contributed by atoms with E-state index in [1.54, 1.807) is 20.8 Å². The Kier molecular flexibility index (Phi) is 4.00. The average Bonchev–Trinajstić information content (AvgIpc) is 2.11. The maximum Gasteiger partial charge on any atom is 0.339 e. The number of rotatable bonds is 3. The zero-order valence-corrected chi connectivity index (χ0v) is 11.7. The molecule has 0 amide bonds. The largest absolute Gasteiger partial charge is 0.478 e. The number of hydrogen-bond donors (Lipinski definition) is 2. The van der Waals surface area contributed by atoms with E-state index in [9.17, 15) is 20.0 Å². The van der Waals surface area contributed by atoms with E-state index in [2.05, 4.69) is 10.3 Å². The molecular formula is C11H14ClN3O4. The van der Waals surface area contributed by atoms with Gasteiger partial charge in [-0.25, -0.2) is 9.78 Å². The van der Waals surface area contributed by atoms with Crippen LogP contribution >= 0.6 is 11.6 Å². The summed E-state index contributed by atoms with van der Waals surface area (Å²) in [6.45, 7) is 6.71. The van der Waals surface area contributed by atoms with Gasteiger partial charge in [-0.05, 0) is 27.7 Å². The number of carboxylic acid groups (broad SMARTS) is 1. The Morgan fingerprint density at radius 1 is 1.47 bits per heavy atom. The summed E-state index contributed by atoms with van der Waals surface area (Å²) < 4.78 is 0. The van der Waals surface area contributed by atoms with E-state index < -0.39 is 22.1 Å². The van der Waals surface area contributed by atoms with Crippen LogP contribution in [-0.2, 0) is 0 Å². The highest BCUT2D eigenvalue weighted by Crippen LogP contribution is 2.37. The maximum absolute atomic E-state index is 11.3. The average molecular weight is 288 g/mol. The molecule has 1 aromatic rings. The fourth-order valence-corrected chi connectivity index (χ4v) is 1.87. The van der Waals surface area contributed by atoms with E-state index in [4.69, 9.17) is 11.6 Å². The summed E-state index contributed by atoms with van der Waals surface area (Å²) in [7, 11) is 0. The first-order chi connectivity index (χ1) is 8.54. The Morgan fingerprint density at radius 2 is 2.00 bits per heavy atom. The van der Waals surface area contributed by atoms with Crippen molar-refractivity contribution in [3.63, 3.8) is 0 Å². The number of aromatic carboxylic acids is 1. The Labute approximate surface area is 114 Å². The van der Waals surface area contributed by atoms with E-state index >= 15 is 0 Å². The number of carbonyl (C=O) groups is 1. The lowest BCUT2D eigenvalue weighted by Crippen LogP contribution is -2.28. The van der Waals surface area contributed by atoms with Crippen molar-refractivity contribution in [3.8, 4) is 0 Å². The summed E-state index contributed by atoms with van der Waals surface area (Å²) in [6, 6.07) is 0. The molecule has 0 saturated carbocycles. The molecule has 1 aromatic heterocycles. The summed E-state index contributed by atoms with van der Waals surface area (Å²) >= 11 is 5.75. The van der Waals surface area contributed by atoms with Crippen LogP contribution in [0.1, 0.15) is 36.8 Å². The minimum atomic E-state index is -1.29. The second-order valence-corrected chi connectivity index (χ2v) is 5.38. The van der Waals surface area contributed by atoms with Gasteiger partial charge in [0.1, 0.15) is 11.3 Å². The number of carboxylic acids is 1. The fraction of sp³-hybridized carbons (Fsp3) is 0.455. The molecule has 0 aliphatic rings. The molecule has 1 rings (SSSR count). The summed E-state index contributed by atoms with van der Waals surface area (Å²) in [6.07, 6.45) is 0. The zero-order valence-electron chi connectivity index (χ0n) is 10.9. The normalized spacial score (nSPS) is 11.2. The van der Waals surface area contributed by atoms with Crippen LogP contribution in [0.5, 0.6) is 0 Å². The summed E-state index contributed by atoms with van der Waals surface area (Å²) in [5, 5.41) is 22.7. The number of anilines is 1. The number of nitro groups is 1. The Bertz CT molecular complexity index is 514. The van der Waals surface area contributed by atoms with Gasteiger partial charge in [0.25, 0.3) is 0 Å². The first kappa shape index (κ1) is 15.2. The van der Waals surface area contributed by atoms with Crippen molar-refractivity contribution >= 4 is 28.9 Å². The smallest absolute Gasteiger partial charge is 0.339 e. The van der Waals surface area contributed by atoms with Gasteiger partial charge >= 0.3 is 11.7 Å². The molecule has 1 heterocycles. The number of nitrogens with zero attached hydrogens (tertiary/aromatic N) is 2.